The van der Waals surface area contributed by atoms with Crippen LogP contribution in [0.4, 0.5) is 8.78 Å². The first-order valence-corrected chi connectivity index (χ1v) is 9.00. The van der Waals surface area contributed by atoms with Crippen LogP contribution in [0.1, 0.15) is 32.6 Å². The topological polar surface area (TPSA) is 42.2 Å². The fourth-order valence-electron chi connectivity index (χ4n) is 1.74. The van der Waals surface area contributed by atoms with Crippen molar-refractivity contribution in [3.8, 4) is 0 Å². The van der Waals surface area contributed by atoms with Gasteiger partial charge in [0.25, 0.3) is 0 Å². The molecule has 0 fully saturated rings. The highest BCUT2D eigenvalue weighted by molar-refractivity contribution is 8.00. The summed E-state index contributed by atoms with van der Waals surface area (Å²) in [7, 11) is -1.66. The molecule has 7 heteroatoms. The number of hydrogen-bond acceptors (Lipinski definition) is 3. The maximum absolute atomic E-state index is 14.8. The molecule has 1 N–H and O–H groups in total. The summed E-state index contributed by atoms with van der Waals surface area (Å²) in [5.74, 6) is 0.0519. The first-order valence-electron chi connectivity index (χ1n) is 7.03. The van der Waals surface area contributed by atoms with Crippen LogP contribution in [0.2, 0.25) is 0 Å². The first-order chi connectivity index (χ1) is 10.7. The Morgan fingerprint density at radius 1 is 1.13 bits per heavy atom. The molecule has 0 saturated heterocycles. The summed E-state index contributed by atoms with van der Waals surface area (Å²) in [6.07, 6.45) is 1.33. The molecule has 2 aromatic rings. The van der Waals surface area contributed by atoms with E-state index in [-0.39, 0.29) is 5.76 Å². The van der Waals surface area contributed by atoms with E-state index in [1.165, 1.54) is 18.4 Å². The Morgan fingerprint density at radius 3 is 2.30 bits per heavy atom. The summed E-state index contributed by atoms with van der Waals surface area (Å²) < 4.78 is 48.9. The van der Waals surface area contributed by atoms with Gasteiger partial charge in [-0.1, -0.05) is 18.2 Å². The third-order valence-corrected chi connectivity index (χ3v) is 5.52. The smallest absolute Gasteiger partial charge is 0.321 e. The summed E-state index contributed by atoms with van der Waals surface area (Å²) in [5.41, 5.74) is 0. The lowest BCUT2D eigenvalue weighted by atomic mass is 10.2. The van der Waals surface area contributed by atoms with Crippen LogP contribution in [-0.2, 0) is 11.0 Å². The molecular weight excluding hydrogens is 340 g/mol. The van der Waals surface area contributed by atoms with Crippen molar-refractivity contribution in [1.82, 2.24) is 4.72 Å². The molecule has 0 aliphatic carbocycles. The predicted octanol–water partition coefficient (Wildman–Crippen LogP) is 4.76. The van der Waals surface area contributed by atoms with Crippen molar-refractivity contribution in [2.24, 2.45) is 0 Å². The van der Waals surface area contributed by atoms with Crippen LogP contribution < -0.4 is 4.72 Å². The van der Waals surface area contributed by atoms with Gasteiger partial charge in [-0.3, -0.25) is 0 Å². The number of alkyl halides is 2. The summed E-state index contributed by atoms with van der Waals surface area (Å²) in [6.45, 7) is 5.16. The Kier molecular flexibility index (Phi) is 5.65. The lowest BCUT2D eigenvalue weighted by Gasteiger charge is -2.28. The molecule has 0 aliphatic heterocycles. The van der Waals surface area contributed by atoms with Crippen molar-refractivity contribution in [2.45, 2.75) is 41.7 Å². The zero-order valence-corrected chi connectivity index (χ0v) is 14.7. The Bertz CT molecular complexity index is 640. The van der Waals surface area contributed by atoms with Gasteiger partial charge >= 0.3 is 5.25 Å². The van der Waals surface area contributed by atoms with Gasteiger partial charge in [0.05, 0.1) is 22.0 Å². The fourth-order valence-corrected chi connectivity index (χ4v) is 3.54. The van der Waals surface area contributed by atoms with Crippen LogP contribution in [0.15, 0.2) is 58.0 Å². The van der Waals surface area contributed by atoms with Crippen molar-refractivity contribution in [3.63, 3.8) is 0 Å². The van der Waals surface area contributed by atoms with E-state index in [4.69, 9.17) is 4.42 Å². The molecule has 23 heavy (non-hydrogen) atoms. The zero-order chi connectivity index (χ0) is 17.1. The third-order valence-electron chi connectivity index (χ3n) is 2.94. The maximum Gasteiger partial charge on any atom is 0.321 e. The minimum atomic E-state index is -3.24. The molecule has 0 amide bonds. The van der Waals surface area contributed by atoms with Crippen molar-refractivity contribution in [1.29, 1.82) is 0 Å². The van der Waals surface area contributed by atoms with Crippen molar-refractivity contribution >= 4 is 22.7 Å². The van der Waals surface area contributed by atoms with Crippen LogP contribution in [0, 0.1) is 0 Å². The van der Waals surface area contributed by atoms with Gasteiger partial charge in [-0.05, 0) is 56.8 Å². The predicted molar refractivity (Wildman–Crippen MR) is 89.7 cm³/mol. The second-order valence-electron chi connectivity index (χ2n) is 5.92. The Balaban J connectivity index is 2.27. The molecule has 2 rings (SSSR count). The molecule has 1 heterocycles. The number of benzene rings is 1. The molecular formula is C16H19F2NO2S2. The van der Waals surface area contributed by atoms with Crippen molar-refractivity contribution in [2.75, 3.05) is 0 Å². The lowest BCUT2D eigenvalue weighted by Crippen LogP contribution is -2.41. The van der Waals surface area contributed by atoms with E-state index in [0.717, 1.165) is 0 Å². The van der Waals surface area contributed by atoms with E-state index in [1.807, 2.05) is 0 Å². The monoisotopic (exact) mass is 359 g/mol. The Morgan fingerprint density at radius 2 is 1.78 bits per heavy atom. The zero-order valence-electron chi connectivity index (χ0n) is 13.1. The average Bonchev–Trinajstić information content (AvgIpc) is 2.97. The number of nitrogens with one attached hydrogen (secondary N) is 1. The Labute approximate surface area is 141 Å². The van der Waals surface area contributed by atoms with Crippen LogP contribution in [-0.4, -0.2) is 14.2 Å². The van der Waals surface area contributed by atoms with E-state index in [2.05, 4.69) is 4.72 Å². The minimum Gasteiger partial charge on any atom is -0.467 e. The maximum atomic E-state index is 14.8. The molecule has 0 saturated carbocycles. The SMILES string of the molecule is CC(C)(C)[S@@](=O)N[C@@H](c1ccco1)C(F)(F)Sc1ccccc1. The number of hydrogen-bond donors (Lipinski definition) is 1. The van der Waals surface area contributed by atoms with E-state index in [1.54, 1.807) is 51.1 Å². The molecule has 0 bridgehead atoms. The third kappa shape index (κ3) is 4.89. The van der Waals surface area contributed by atoms with Gasteiger partial charge in [-0.25, -0.2) is 8.93 Å². The number of furan rings is 1. The van der Waals surface area contributed by atoms with Crippen LogP contribution in [0.5, 0.6) is 0 Å². The van der Waals surface area contributed by atoms with E-state index in [9.17, 15) is 13.0 Å². The molecule has 0 radical (unpaired) electrons. The largest absolute Gasteiger partial charge is 0.467 e. The highest BCUT2D eigenvalue weighted by Crippen LogP contribution is 2.45. The van der Waals surface area contributed by atoms with Crippen LogP contribution in [0.3, 0.4) is 0 Å². The molecule has 1 aromatic carbocycles. The number of halogens is 2. The summed E-state index contributed by atoms with van der Waals surface area (Å²) >= 11 is 0.415. The van der Waals surface area contributed by atoms with E-state index in [0.29, 0.717) is 16.7 Å². The second-order valence-corrected chi connectivity index (χ2v) is 9.14. The van der Waals surface area contributed by atoms with E-state index >= 15 is 0 Å². The van der Waals surface area contributed by atoms with Gasteiger partial charge in [0.2, 0.25) is 0 Å². The lowest BCUT2D eigenvalue weighted by molar-refractivity contribution is 0.0598. The molecule has 126 valence electrons. The van der Waals surface area contributed by atoms with Gasteiger partial charge in [0.15, 0.2) is 6.04 Å². The molecule has 0 aliphatic rings. The second kappa shape index (κ2) is 7.15. The van der Waals surface area contributed by atoms with Gasteiger partial charge in [-0.2, -0.15) is 8.78 Å². The van der Waals surface area contributed by atoms with E-state index < -0.39 is 27.0 Å². The highest BCUT2D eigenvalue weighted by Gasteiger charge is 2.45. The fraction of sp³-hybridized carbons (Fsp3) is 0.375. The van der Waals surface area contributed by atoms with Gasteiger partial charge in [-0.15, -0.1) is 0 Å². The number of rotatable bonds is 6. The Hall–Kier alpha value is -1.18. The molecule has 0 unspecified atom stereocenters. The summed E-state index contributed by atoms with van der Waals surface area (Å²) in [4.78, 5) is 0.428. The molecule has 0 spiro atoms. The molecule has 2 atom stereocenters. The quantitative estimate of drug-likeness (QED) is 0.756. The highest BCUT2D eigenvalue weighted by atomic mass is 32.2. The molecule has 1 aromatic heterocycles. The van der Waals surface area contributed by atoms with Crippen LogP contribution in [0.25, 0.3) is 0 Å². The van der Waals surface area contributed by atoms with Crippen molar-refractivity contribution in [3.05, 3.63) is 54.5 Å². The van der Waals surface area contributed by atoms with Gasteiger partial charge in [0.1, 0.15) is 5.76 Å². The van der Waals surface area contributed by atoms with Crippen LogP contribution >= 0.6 is 11.8 Å². The average molecular weight is 359 g/mol. The normalized spacial score (nSPS) is 15.3. The van der Waals surface area contributed by atoms with Crippen molar-refractivity contribution < 1.29 is 17.4 Å². The van der Waals surface area contributed by atoms with Gasteiger partial charge < -0.3 is 4.42 Å². The summed E-state index contributed by atoms with van der Waals surface area (Å²) in [5, 5.41) is -3.24. The number of thioether (sulfide) groups is 1. The first kappa shape index (κ1) is 18.2. The molecule has 3 nitrogen and oxygen atoms in total. The van der Waals surface area contributed by atoms with Gasteiger partial charge in [0, 0.05) is 4.90 Å². The standard InChI is InChI=1S/C16H19F2NO2S2/c1-15(2,3)23(20)19-14(13-10-7-11-21-13)16(17,18)22-12-8-5-4-6-9-12/h4-11,14,19H,1-3H3/t14-,23+/m0/s1. The minimum absolute atomic E-state index is 0.0519. The summed E-state index contributed by atoms with van der Waals surface area (Å²) in [6, 6.07) is 9.87.